The van der Waals surface area contributed by atoms with E-state index in [1.165, 1.54) is 32.4 Å². The van der Waals surface area contributed by atoms with Crippen LogP contribution in [0.2, 0.25) is 0 Å². The number of ether oxygens (including phenoxy) is 1. The van der Waals surface area contributed by atoms with Crippen LogP contribution in [0, 0.1) is 11.8 Å². The summed E-state index contributed by atoms with van der Waals surface area (Å²) in [6, 6.07) is 0.533. The fourth-order valence-electron chi connectivity index (χ4n) is 3.13. The molecule has 2 fully saturated rings. The van der Waals surface area contributed by atoms with E-state index in [9.17, 15) is 4.79 Å². The predicted molar refractivity (Wildman–Crippen MR) is 79.6 cm³/mol. The molecule has 2 atom stereocenters. The van der Waals surface area contributed by atoms with Crippen molar-refractivity contribution in [1.29, 1.82) is 0 Å². The highest BCUT2D eigenvalue weighted by Gasteiger charge is 2.33. The first-order chi connectivity index (χ1) is 9.60. The molecule has 1 heterocycles. The second-order valence-corrected chi connectivity index (χ2v) is 6.52. The minimum absolute atomic E-state index is 0.00887. The smallest absolute Gasteiger partial charge is 0.245 e. The molecule has 0 radical (unpaired) electrons. The normalized spacial score (nSPS) is 27.8. The van der Waals surface area contributed by atoms with E-state index in [1.54, 1.807) is 7.11 Å². The van der Waals surface area contributed by atoms with E-state index >= 15 is 0 Å². The number of rotatable bonds is 7. The number of carbonyl (C=O) groups excluding carboxylic acids is 1. The van der Waals surface area contributed by atoms with Gasteiger partial charge in [-0.25, -0.2) is 0 Å². The lowest BCUT2D eigenvalue weighted by atomic mass is 9.90. The maximum atomic E-state index is 11.5. The number of likely N-dealkylation sites (N-methyl/N-ethyl adjacent to an activating group) is 1. The van der Waals surface area contributed by atoms with Crippen molar-refractivity contribution in [1.82, 2.24) is 15.1 Å². The number of likely N-dealkylation sites (tertiary alicyclic amines) is 1. The Morgan fingerprint density at radius 1 is 1.35 bits per heavy atom. The van der Waals surface area contributed by atoms with E-state index in [0.29, 0.717) is 12.0 Å². The maximum Gasteiger partial charge on any atom is 0.245 e. The summed E-state index contributed by atoms with van der Waals surface area (Å²) >= 11 is 0. The number of methoxy groups -OCH3 is 1. The van der Waals surface area contributed by atoms with Gasteiger partial charge in [-0.05, 0) is 51.7 Å². The largest absolute Gasteiger partial charge is 0.375 e. The van der Waals surface area contributed by atoms with Gasteiger partial charge in [0.2, 0.25) is 5.91 Å². The fourth-order valence-corrected chi connectivity index (χ4v) is 3.13. The van der Waals surface area contributed by atoms with Crippen LogP contribution in [0.25, 0.3) is 0 Å². The van der Waals surface area contributed by atoms with Crippen LogP contribution in [-0.2, 0) is 9.53 Å². The summed E-state index contributed by atoms with van der Waals surface area (Å²) in [5.41, 5.74) is 0. The highest BCUT2D eigenvalue weighted by Crippen LogP contribution is 2.31. The molecule has 1 saturated heterocycles. The van der Waals surface area contributed by atoms with Gasteiger partial charge in [0.1, 0.15) is 6.61 Å². The molecule has 20 heavy (non-hydrogen) atoms. The monoisotopic (exact) mass is 283 g/mol. The average Bonchev–Trinajstić information content (AvgIpc) is 3.21. The number of nitrogens with one attached hydrogen (secondary N) is 1. The molecule has 1 saturated carbocycles. The number of hydrogen-bond donors (Lipinski definition) is 1. The fraction of sp³-hybridized carbons (Fsp3) is 0.933. The van der Waals surface area contributed by atoms with Crippen molar-refractivity contribution in [3.63, 3.8) is 0 Å². The second kappa shape index (κ2) is 7.38. The van der Waals surface area contributed by atoms with Crippen LogP contribution >= 0.6 is 0 Å². The highest BCUT2D eigenvalue weighted by atomic mass is 16.5. The summed E-state index contributed by atoms with van der Waals surface area (Å²) in [5, 5.41) is 3.00. The van der Waals surface area contributed by atoms with Crippen LogP contribution in [0.5, 0.6) is 0 Å². The summed E-state index contributed by atoms with van der Waals surface area (Å²) in [6.07, 6.45) is 4.00. The third kappa shape index (κ3) is 4.72. The molecule has 5 nitrogen and oxygen atoms in total. The molecule has 0 unspecified atom stereocenters. The van der Waals surface area contributed by atoms with Crippen LogP contribution < -0.4 is 5.32 Å². The van der Waals surface area contributed by atoms with Gasteiger partial charge < -0.3 is 19.9 Å². The topological polar surface area (TPSA) is 44.8 Å². The first-order valence-electron chi connectivity index (χ1n) is 7.74. The Morgan fingerprint density at radius 2 is 2.10 bits per heavy atom. The zero-order valence-corrected chi connectivity index (χ0v) is 13.1. The predicted octanol–water partition coefficient (Wildman–Crippen LogP) is 0.411. The lowest BCUT2D eigenvalue weighted by Gasteiger charge is -2.42. The van der Waals surface area contributed by atoms with Gasteiger partial charge in [0.25, 0.3) is 0 Å². The van der Waals surface area contributed by atoms with Crippen molar-refractivity contribution in [3.05, 3.63) is 0 Å². The molecule has 0 aromatic heterocycles. The summed E-state index contributed by atoms with van der Waals surface area (Å²) < 4.78 is 4.85. The van der Waals surface area contributed by atoms with Gasteiger partial charge in [0.15, 0.2) is 0 Å². The molecule has 0 bridgehead atoms. The first kappa shape index (κ1) is 15.7. The van der Waals surface area contributed by atoms with Gasteiger partial charge in [0, 0.05) is 32.8 Å². The Bertz CT molecular complexity index is 318. The molecule has 0 spiro atoms. The molecule has 1 amide bonds. The van der Waals surface area contributed by atoms with E-state index in [2.05, 4.69) is 29.2 Å². The molecule has 2 rings (SSSR count). The molecule has 2 aliphatic rings. The lowest BCUT2D eigenvalue weighted by molar-refractivity contribution is -0.125. The highest BCUT2D eigenvalue weighted by molar-refractivity contribution is 5.77. The molecule has 0 aromatic rings. The molecule has 5 heteroatoms. The summed E-state index contributed by atoms with van der Waals surface area (Å²) in [7, 11) is 5.85. The van der Waals surface area contributed by atoms with Crippen molar-refractivity contribution in [3.8, 4) is 0 Å². The van der Waals surface area contributed by atoms with Gasteiger partial charge in [0.05, 0.1) is 0 Å². The Morgan fingerprint density at radius 3 is 2.70 bits per heavy atom. The molecule has 0 aromatic carbocycles. The summed E-state index contributed by atoms with van der Waals surface area (Å²) in [4.78, 5) is 16.4. The number of amides is 1. The Kier molecular flexibility index (Phi) is 5.81. The van der Waals surface area contributed by atoms with Crippen LogP contribution in [-0.4, -0.2) is 75.7 Å². The Labute approximate surface area is 122 Å². The minimum Gasteiger partial charge on any atom is -0.375 e. The van der Waals surface area contributed by atoms with Crippen molar-refractivity contribution < 1.29 is 9.53 Å². The molecule has 116 valence electrons. The first-order valence-corrected chi connectivity index (χ1v) is 7.74. The van der Waals surface area contributed by atoms with Crippen molar-refractivity contribution in [2.24, 2.45) is 11.8 Å². The minimum atomic E-state index is -0.00887. The van der Waals surface area contributed by atoms with Gasteiger partial charge in [-0.2, -0.15) is 0 Å². The van der Waals surface area contributed by atoms with Gasteiger partial charge in [-0.15, -0.1) is 0 Å². The van der Waals surface area contributed by atoms with E-state index in [1.807, 2.05) is 0 Å². The third-order valence-electron chi connectivity index (χ3n) is 4.52. The third-order valence-corrected chi connectivity index (χ3v) is 4.52. The van der Waals surface area contributed by atoms with Crippen molar-refractivity contribution in [2.75, 3.05) is 54.0 Å². The number of piperidine rings is 1. The molecule has 1 aliphatic heterocycles. The lowest BCUT2D eigenvalue weighted by Crippen LogP contribution is -2.53. The van der Waals surface area contributed by atoms with E-state index < -0.39 is 0 Å². The standard InChI is InChI=1S/C15H29N3O2/c1-17(2)14-10-18(9-12-4-5-12)7-6-13(14)8-16-15(19)11-20-3/h12-14H,4-11H2,1-3H3,(H,16,19)/t13-,14-/m1/s1. The zero-order chi connectivity index (χ0) is 14.5. The van der Waals surface area contributed by atoms with Gasteiger partial charge in [-0.3, -0.25) is 4.79 Å². The maximum absolute atomic E-state index is 11.5. The van der Waals surface area contributed by atoms with Crippen LogP contribution in [0.4, 0.5) is 0 Å². The second-order valence-electron chi connectivity index (χ2n) is 6.52. The van der Waals surface area contributed by atoms with Crippen molar-refractivity contribution >= 4 is 5.91 Å². The molecule has 1 aliphatic carbocycles. The Balaban J connectivity index is 1.79. The van der Waals surface area contributed by atoms with Crippen LogP contribution in [0.3, 0.4) is 0 Å². The molecular formula is C15H29N3O2. The van der Waals surface area contributed by atoms with E-state index in [-0.39, 0.29) is 12.5 Å². The number of hydrogen-bond acceptors (Lipinski definition) is 4. The average molecular weight is 283 g/mol. The quantitative estimate of drug-likeness (QED) is 0.735. The number of carbonyl (C=O) groups is 1. The van der Waals surface area contributed by atoms with Gasteiger partial charge >= 0.3 is 0 Å². The van der Waals surface area contributed by atoms with E-state index in [4.69, 9.17) is 4.74 Å². The van der Waals surface area contributed by atoms with E-state index in [0.717, 1.165) is 19.0 Å². The van der Waals surface area contributed by atoms with Crippen LogP contribution in [0.15, 0.2) is 0 Å². The number of nitrogens with zero attached hydrogens (tertiary/aromatic N) is 2. The van der Waals surface area contributed by atoms with Crippen LogP contribution in [0.1, 0.15) is 19.3 Å². The van der Waals surface area contributed by atoms with Gasteiger partial charge in [-0.1, -0.05) is 0 Å². The summed E-state index contributed by atoms with van der Waals surface area (Å²) in [5.74, 6) is 1.49. The van der Waals surface area contributed by atoms with Crippen molar-refractivity contribution in [2.45, 2.75) is 25.3 Å². The molecular weight excluding hydrogens is 254 g/mol. The summed E-state index contributed by atoms with van der Waals surface area (Å²) in [6.45, 7) is 4.50. The molecule has 1 N–H and O–H groups in total. The Hall–Kier alpha value is -0.650. The zero-order valence-electron chi connectivity index (χ0n) is 13.1. The SMILES string of the molecule is COCC(=O)NC[C@H]1CCN(CC2CC2)C[C@H]1N(C)C.